The average Bonchev–Trinajstić information content (AvgIpc) is 2.51. The first-order valence-corrected chi connectivity index (χ1v) is 8.21. The number of hydrogen-bond donors (Lipinski definition) is 2. The van der Waals surface area contributed by atoms with Crippen LogP contribution < -0.4 is 10.6 Å². The zero-order valence-corrected chi connectivity index (χ0v) is 14.8. The molecule has 2 N–H and O–H groups in total. The number of aryl methyl sites for hydroxylation is 1. The quantitative estimate of drug-likeness (QED) is 0.610. The van der Waals surface area contributed by atoms with Gasteiger partial charge in [0.1, 0.15) is 6.17 Å². The summed E-state index contributed by atoms with van der Waals surface area (Å²) in [6, 6.07) is 16.9. The van der Waals surface area contributed by atoms with E-state index in [1.807, 2.05) is 49.4 Å². The Balaban J connectivity index is 2.05. The van der Waals surface area contributed by atoms with Gasteiger partial charge >= 0.3 is 0 Å². The Morgan fingerprint density at radius 3 is 2.39 bits per heavy atom. The number of nitrogens with one attached hydrogen (secondary N) is 2. The van der Waals surface area contributed by atoms with Crippen molar-refractivity contribution in [3.05, 3.63) is 71.3 Å². The van der Waals surface area contributed by atoms with Crippen LogP contribution in [0.4, 0.5) is 0 Å². The van der Waals surface area contributed by atoms with Crippen LogP contribution in [0.1, 0.15) is 21.5 Å². The summed E-state index contributed by atoms with van der Waals surface area (Å²) in [5.41, 5.74) is 2.53. The van der Waals surface area contributed by atoms with Gasteiger partial charge in [-0.1, -0.05) is 82.8 Å². The number of halogens is 3. The molecule has 0 aliphatic carbocycles. The molecule has 0 spiro atoms. The van der Waals surface area contributed by atoms with Gasteiger partial charge in [0.15, 0.2) is 0 Å². The molecule has 1 unspecified atom stereocenters. The van der Waals surface area contributed by atoms with Gasteiger partial charge in [0, 0.05) is 12.1 Å². The minimum atomic E-state index is -1.67. The van der Waals surface area contributed by atoms with Gasteiger partial charge in [0.25, 0.3) is 5.91 Å². The molecule has 6 heteroatoms. The van der Waals surface area contributed by atoms with Crippen molar-refractivity contribution in [2.45, 2.75) is 23.4 Å². The number of hydrogen-bond acceptors (Lipinski definition) is 2. The molecule has 0 saturated heterocycles. The predicted molar refractivity (Wildman–Crippen MR) is 96.0 cm³/mol. The van der Waals surface area contributed by atoms with Crippen LogP contribution in [0.15, 0.2) is 54.6 Å². The average molecular weight is 372 g/mol. The molecule has 3 nitrogen and oxygen atoms in total. The van der Waals surface area contributed by atoms with Crippen LogP contribution in [-0.4, -0.2) is 15.9 Å². The Labute approximate surface area is 150 Å². The lowest BCUT2D eigenvalue weighted by Gasteiger charge is -2.26. The Morgan fingerprint density at radius 2 is 1.78 bits per heavy atom. The summed E-state index contributed by atoms with van der Waals surface area (Å²) >= 11 is 17.9. The van der Waals surface area contributed by atoms with E-state index in [1.54, 1.807) is 12.1 Å². The first kappa shape index (κ1) is 18.1. The summed E-state index contributed by atoms with van der Waals surface area (Å²) in [7, 11) is 0. The fourth-order valence-electron chi connectivity index (χ4n) is 2.07. The third-order valence-corrected chi connectivity index (χ3v) is 3.89. The minimum absolute atomic E-state index is 0.300. The third kappa shape index (κ3) is 5.70. The van der Waals surface area contributed by atoms with Gasteiger partial charge in [-0.05, 0) is 24.6 Å². The molecular weight excluding hydrogens is 355 g/mol. The van der Waals surface area contributed by atoms with Crippen molar-refractivity contribution in [3.63, 3.8) is 0 Å². The number of rotatable bonds is 5. The van der Waals surface area contributed by atoms with Crippen molar-refractivity contribution in [2.75, 3.05) is 0 Å². The van der Waals surface area contributed by atoms with E-state index in [-0.39, 0.29) is 5.91 Å². The zero-order valence-electron chi connectivity index (χ0n) is 12.5. The van der Waals surface area contributed by atoms with Crippen molar-refractivity contribution in [2.24, 2.45) is 0 Å². The fraction of sp³-hybridized carbons (Fsp3) is 0.235. The van der Waals surface area contributed by atoms with E-state index < -0.39 is 9.96 Å². The Kier molecular flexibility index (Phi) is 6.31. The first-order chi connectivity index (χ1) is 10.9. The molecule has 0 aliphatic rings. The van der Waals surface area contributed by atoms with Crippen molar-refractivity contribution in [3.8, 4) is 0 Å². The molecule has 0 aromatic heterocycles. The highest BCUT2D eigenvalue weighted by Gasteiger charge is 2.33. The molecule has 2 aromatic carbocycles. The SMILES string of the molecule is Cc1cccc(C(=O)NC(NCc2ccccc2)C(Cl)(Cl)Cl)c1. The van der Waals surface area contributed by atoms with Crippen molar-refractivity contribution < 1.29 is 4.79 Å². The molecule has 2 aromatic rings. The minimum Gasteiger partial charge on any atom is -0.333 e. The van der Waals surface area contributed by atoms with Crippen LogP contribution >= 0.6 is 34.8 Å². The van der Waals surface area contributed by atoms with Crippen LogP contribution in [0.25, 0.3) is 0 Å². The monoisotopic (exact) mass is 370 g/mol. The summed E-state index contributed by atoms with van der Waals surface area (Å²) < 4.78 is -1.67. The molecule has 1 amide bonds. The Hall–Kier alpha value is -1.26. The molecule has 0 heterocycles. The maximum Gasteiger partial charge on any atom is 0.252 e. The molecule has 0 saturated carbocycles. The number of carbonyl (C=O) groups is 1. The summed E-state index contributed by atoms with van der Waals surface area (Å²) in [5, 5.41) is 5.79. The highest BCUT2D eigenvalue weighted by molar-refractivity contribution is 6.68. The second kappa shape index (κ2) is 8.02. The van der Waals surface area contributed by atoms with Gasteiger partial charge in [0.2, 0.25) is 3.79 Å². The lowest BCUT2D eigenvalue weighted by molar-refractivity contribution is 0.0929. The van der Waals surface area contributed by atoms with Gasteiger partial charge in [-0.2, -0.15) is 0 Å². The van der Waals surface area contributed by atoms with Crippen LogP contribution in [0, 0.1) is 6.92 Å². The molecule has 0 fully saturated rings. The van der Waals surface area contributed by atoms with Crippen LogP contribution in [0.2, 0.25) is 0 Å². The van der Waals surface area contributed by atoms with E-state index in [4.69, 9.17) is 34.8 Å². The van der Waals surface area contributed by atoms with Gasteiger partial charge in [0.05, 0.1) is 0 Å². The Bertz CT molecular complexity index is 656. The van der Waals surface area contributed by atoms with Gasteiger partial charge in [-0.15, -0.1) is 0 Å². The predicted octanol–water partition coefficient (Wildman–Crippen LogP) is 4.21. The zero-order chi connectivity index (χ0) is 16.9. The van der Waals surface area contributed by atoms with E-state index in [0.717, 1.165) is 11.1 Å². The van der Waals surface area contributed by atoms with Crippen LogP contribution in [0.5, 0.6) is 0 Å². The molecule has 122 valence electrons. The number of amides is 1. The van der Waals surface area contributed by atoms with E-state index in [0.29, 0.717) is 12.1 Å². The second-order valence-electron chi connectivity index (χ2n) is 5.18. The summed E-state index contributed by atoms with van der Waals surface area (Å²) in [5.74, 6) is -0.300. The van der Waals surface area contributed by atoms with E-state index in [1.165, 1.54) is 0 Å². The third-order valence-electron chi connectivity index (χ3n) is 3.24. The maximum atomic E-state index is 12.3. The van der Waals surface area contributed by atoms with Crippen LogP contribution in [-0.2, 0) is 6.54 Å². The van der Waals surface area contributed by atoms with Crippen molar-refractivity contribution in [1.29, 1.82) is 0 Å². The van der Waals surface area contributed by atoms with Crippen molar-refractivity contribution >= 4 is 40.7 Å². The molecular formula is C17H17Cl3N2O. The largest absolute Gasteiger partial charge is 0.333 e. The smallest absolute Gasteiger partial charge is 0.252 e. The summed E-state index contributed by atoms with van der Waals surface area (Å²) in [4.78, 5) is 12.3. The highest BCUT2D eigenvalue weighted by atomic mass is 35.6. The van der Waals surface area contributed by atoms with E-state index in [2.05, 4.69) is 10.6 Å². The second-order valence-corrected chi connectivity index (χ2v) is 7.55. The van der Waals surface area contributed by atoms with Gasteiger partial charge in [-0.25, -0.2) is 0 Å². The molecule has 2 rings (SSSR count). The first-order valence-electron chi connectivity index (χ1n) is 7.08. The standard InChI is InChI=1S/C17H17Cl3N2O/c1-12-6-5-9-14(10-12)15(23)22-16(17(18,19)20)21-11-13-7-3-2-4-8-13/h2-10,16,21H,11H2,1H3,(H,22,23). The fourth-order valence-corrected chi connectivity index (χ4v) is 2.46. The van der Waals surface area contributed by atoms with E-state index >= 15 is 0 Å². The Morgan fingerprint density at radius 1 is 1.09 bits per heavy atom. The molecule has 1 atom stereocenters. The number of alkyl halides is 3. The van der Waals surface area contributed by atoms with Crippen LogP contribution in [0.3, 0.4) is 0 Å². The summed E-state index contributed by atoms with van der Waals surface area (Å²) in [6.45, 7) is 2.38. The normalized spacial score (nSPS) is 12.7. The molecule has 23 heavy (non-hydrogen) atoms. The molecule has 0 bridgehead atoms. The maximum absolute atomic E-state index is 12.3. The lowest BCUT2D eigenvalue weighted by atomic mass is 10.1. The highest BCUT2D eigenvalue weighted by Crippen LogP contribution is 2.29. The number of carbonyl (C=O) groups excluding carboxylic acids is 1. The summed E-state index contributed by atoms with van der Waals surface area (Å²) in [6.07, 6.45) is -0.819. The molecule has 0 radical (unpaired) electrons. The topological polar surface area (TPSA) is 41.1 Å². The van der Waals surface area contributed by atoms with Crippen molar-refractivity contribution in [1.82, 2.24) is 10.6 Å². The van der Waals surface area contributed by atoms with E-state index in [9.17, 15) is 4.79 Å². The van der Waals surface area contributed by atoms with Gasteiger partial charge in [-0.3, -0.25) is 10.1 Å². The lowest BCUT2D eigenvalue weighted by Crippen LogP contribution is -2.53. The number of benzene rings is 2. The molecule has 0 aliphatic heterocycles. The van der Waals surface area contributed by atoms with Gasteiger partial charge < -0.3 is 5.32 Å².